The fourth-order valence-corrected chi connectivity index (χ4v) is 1.67. The van der Waals surface area contributed by atoms with Gasteiger partial charge < -0.3 is 0 Å². The van der Waals surface area contributed by atoms with Crippen LogP contribution in [0.3, 0.4) is 0 Å². The molecular formula is C14H8N4O. The Kier molecular flexibility index (Phi) is 3.61. The zero-order valence-electron chi connectivity index (χ0n) is 9.87. The first kappa shape index (κ1) is 12.4. The van der Waals surface area contributed by atoms with Crippen molar-refractivity contribution < 1.29 is 4.79 Å². The summed E-state index contributed by atoms with van der Waals surface area (Å²) in [6.07, 6.45) is 1.43. The van der Waals surface area contributed by atoms with Crippen molar-refractivity contribution in [1.82, 2.24) is 0 Å². The lowest BCUT2D eigenvalue weighted by Crippen LogP contribution is -2.02. The Morgan fingerprint density at radius 3 is 2.47 bits per heavy atom. The van der Waals surface area contributed by atoms with Crippen LogP contribution >= 0.6 is 0 Å². The standard InChI is InChI=1S/C14H8N4O/c15-8-10(9-16)6-12-7-13(19)17-18-14(12)11-4-2-1-3-5-11/h1-6H,7H2. The summed E-state index contributed by atoms with van der Waals surface area (Å²) in [5.74, 6) is -0.388. The van der Waals surface area contributed by atoms with Gasteiger partial charge in [0.05, 0.1) is 12.1 Å². The number of carbonyl (C=O) groups excluding carboxylic acids is 1. The van der Waals surface area contributed by atoms with Gasteiger partial charge in [0.25, 0.3) is 5.91 Å². The number of benzene rings is 1. The Labute approximate surface area is 109 Å². The van der Waals surface area contributed by atoms with Gasteiger partial charge in [-0.15, -0.1) is 10.2 Å². The summed E-state index contributed by atoms with van der Waals surface area (Å²) < 4.78 is 0. The molecule has 0 aromatic heterocycles. The highest BCUT2D eigenvalue weighted by molar-refractivity contribution is 5.87. The Morgan fingerprint density at radius 1 is 1.16 bits per heavy atom. The van der Waals surface area contributed by atoms with Crippen LogP contribution in [-0.4, -0.2) is 5.91 Å². The molecule has 0 bridgehead atoms. The molecule has 0 N–H and O–H groups in total. The van der Waals surface area contributed by atoms with Crippen LogP contribution in [0.15, 0.2) is 57.8 Å². The third kappa shape index (κ3) is 2.80. The lowest BCUT2D eigenvalue weighted by atomic mass is 10.0. The van der Waals surface area contributed by atoms with Crippen molar-refractivity contribution in [2.45, 2.75) is 6.42 Å². The Morgan fingerprint density at radius 2 is 1.84 bits per heavy atom. The number of hydrogen-bond donors (Lipinski definition) is 0. The van der Waals surface area contributed by atoms with Crippen LogP contribution in [0, 0.1) is 22.7 Å². The van der Waals surface area contributed by atoms with Gasteiger partial charge in [-0.05, 0) is 11.6 Å². The molecule has 0 saturated carbocycles. The second-order valence-corrected chi connectivity index (χ2v) is 3.79. The zero-order chi connectivity index (χ0) is 13.7. The van der Waals surface area contributed by atoms with Gasteiger partial charge in [-0.3, -0.25) is 4.79 Å². The first-order valence-corrected chi connectivity index (χ1v) is 5.49. The van der Waals surface area contributed by atoms with Gasteiger partial charge in [0.1, 0.15) is 17.7 Å². The summed E-state index contributed by atoms with van der Waals surface area (Å²) in [6.45, 7) is 0. The molecule has 0 spiro atoms. The maximum absolute atomic E-state index is 11.3. The van der Waals surface area contributed by atoms with Crippen molar-refractivity contribution in [3.05, 3.63) is 53.1 Å². The molecule has 5 heteroatoms. The van der Waals surface area contributed by atoms with Crippen molar-refractivity contribution in [2.75, 3.05) is 0 Å². The molecule has 0 fully saturated rings. The van der Waals surface area contributed by atoms with Crippen LogP contribution in [-0.2, 0) is 4.79 Å². The average molecular weight is 248 g/mol. The van der Waals surface area contributed by atoms with Gasteiger partial charge in [-0.1, -0.05) is 30.3 Å². The average Bonchev–Trinajstić information content (AvgIpc) is 2.46. The minimum atomic E-state index is -0.388. The van der Waals surface area contributed by atoms with E-state index >= 15 is 0 Å². The second kappa shape index (κ2) is 5.52. The van der Waals surface area contributed by atoms with Crippen molar-refractivity contribution in [2.24, 2.45) is 10.2 Å². The van der Waals surface area contributed by atoms with Crippen molar-refractivity contribution in [3.63, 3.8) is 0 Å². The Balaban J connectivity index is 2.55. The molecule has 0 saturated heterocycles. The number of azo groups is 1. The van der Waals surface area contributed by atoms with E-state index in [4.69, 9.17) is 10.5 Å². The van der Waals surface area contributed by atoms with Crippen LogP contribution in [0.5, 0.6) is 0 Å². The molecule has 0 radical (unpaired) electrons. The summed E-state index contributed by atoms with van der Waals surface area (Å²) in [6, 6.07) is 12.7. The van der Waals surface area contributed by atoms with Crippen molar-refractivity contribution >= 4 is 11.6 Å². The minimum absolute atomic E-state index is 0.0422. The molecule has 90 valence electrons. The molecule has 19 heavy (non-hydrogen) atoms. The van der Waals surface area contributed by atoms with Gasteiger partial charge in [-0.25, -0.2) is 0 Å². The predicted molar refractivity (Wildman–Crippen MR) is 67.2 cm³/mol. The van der Waals surface area contributed by atoms with Crippen molar-refractivity contribution in [1.29, 1.82) is 10.5 Å². The molecule has 1 aromatic carbocycles. The summed E-state index contributed by atoms with van der Waals surface area (Å²) in [4.78, 5) is 11.3. The molecule has 1 heterocycles. The molecule has 1 aromatic rings. The lowest BCUT2D eigenvalue weighted by Gasteiger charge is -2.10. The largest absolute Gasteiger partial charge is 0.271 e. The SMILES string of the molecule is N#CC(C#N)=CC1=C(c2ccccc2)N=NC(=O)C1. The molecule has 0 unspecified atom stereocenters. The van der Waals surface area contributed by atoms with Gasteiger partial charge in [0.15, 0.2) is 0 Å². The van der Waals surface area contributed by atoms with Crippen LogP contribution in [0.2, 0.25) is 0 Å². The van der Waals surface area contributed by atoms with Gasteiger partial charge in [0, 0.05) is 5.56 Å². The van der Waals surface area contributed by atoms with E-state index in [1.165, 1.54) is 6.08 Å². The van der Waals surface area contributed by atoms with E-state index in [-0.39, 0.29) is 17.9 Å². The zero-order valence-corrected chi connectivity index (χ0v) is 9.87. The second-order valence-electron chi connectivity index (χ2n) is 3.79. The van der Waals surface area contributed by atoms with E-state index in [1.54, 1.807) is 12.1 Å². The smallest absolute Gasteiger partial charge is 0.269 e. The van der Waals surface area contributed by atoms with E-state index < -0.39 is 0 Å². The highest BCUT2D eigenvalue weighted by Gasteiger charge is 2.17. The number of allylic oxidation sites excluding steroid dienone is 2. The number of rotatable bonds is 2. The normalized spacial score (nSPS) is 13.7. The van der Waals surface area contributed by atoms with Crippen LogP contribution in [0.1, 0.15) is 12.0 Å². The highest BCUT2D eigenvalue weighted by Crippen LogP contribution is 2.28. The van der Waals surface area contributed by atoms with Crippen LogP contribution in [0.4, 0.5) is 0 Å². The van der Waals surface area contributed by atoms with E-state index in [0.717, 1.165) is 5.56 Å². The van der Waals surface area contributed by atoms with E-state index in [1.807, 2.05) is 30.3 Å². The number of carbonyl (C=O) groups is 1. The highest BCUT2D eigenvalue weighted by atomic mass is 16.1. The van der Waals surface area contributed by atoms with Gasteiger partial charge in [-0.2, -0.15) is 10.5 Å². The monoisotopic (exact) mass is 248 g/mol. The van der Waals surface area contributed by atoms with Gasteiger partial charge in [0.2, 0.25) is 0 Å². The van der Waals surface area contributed by atoms with E-state index in [9.17, 15) is 4.79 Å². The minimum Gasteiger partial charge on any atom is -0.271 e. The molecule has 2 rings (SSSR count). The number of hydrogen-bond acceptors (Lipinski definition) is 4. The molecule has 5 nitrogen and oxygen atoms in total. The lowest BCUT2D eigenvalue weighted by molar-refractivity contribution is -0.117. The van der Waals surface area contributed by atoms with Crippen LogP contribution in [0.25, 0.3) is 5.70 Å². The van der Waals surface area contributed by atoms with E-state index in [2.05, 4.69) is 10.2 Å². The third-order valence-corrected chi connectivity index (χ3v) is 2.51. The quantitative estimate of drug-likeness (QED) is 0.753. The first-order valence-electron chi connectivity index (χ1n) is 5.49. The van der Waals surface area contributed by atoms with Crippen LogP contribution < -0.4 is 0 Å². The molecule has 1 aliphatic heterocycles. The summed E-state index contributed by atoms with van der Waals surface area (Å²) in [5, 5.41) is 25.0. The molecule has 1 aliphatic rings. The fraction of sp³-hybridized carbons (Fsp3) is 0.0714. The third-order valence-electron chi connectivity index (χ3n) is 2.51. The summed E-state index contributed by atoms with van der Waals surface area (Å²) >= 11 is 0. The molecule has 0 aliphatic carbocycles. The Bertz CT molecular complexity index is 668. The maximum atomic E-state index is 11.3. The maximum Gasteiger partial charge on any atom is 0.269 e. The van der Waals surface area contributed by atoms with Gasteiger partial charge >= 0.3 is 0 Å². The topological polar surface area (TPSA) is 89.4 Å². The predicted octanol–water partition coefficient (Wildman–Crippen LogP) is 2.75. The number of amides is 1. The molecule has 1 amide bonds. The van der Waals surface area contributed by atoms with Crippen molar-refractivity contribution in [3.8, 4) is 12.1 Å². The fourth-order valence-electron chi connectivity index (χ4n) is 1.67. The Hall–Kier alpha value is -3.05. The molecular weight excluding hydrogens is 240 g/mol. The summed E-state index contributed by atoms with van der Waals surface area (Å²) in [7, 11) is 0. The van der Waals surface area contributed by atoms with E-state index in [0.29, 0.717) is 11.3 Å². The molecule has 0 atom stereocenters. The number of nitrogens with zero attached hydrogens (tertiary/aromatic N) is 4. The number of nitriles is 2. The summed E-state index contributed by atoms with van der Waals surface area (Å²) in [5.41, 5.74) is 1.78. The first-order chi connectivity index (χ1) is 9.24.